The van der Waals surface area contributed by atoms with E-state index in [-0.39, 0.29) is 24.0 Å². The van der Waals surface area contributed by atoms with E-state index in [0.717, 1.165) is 37.4 Å². The summed E-state index contributed by atoms with van der Waals surface area (Å²) in [5.74, 6) is 3.36. The lowest BCUT2D eigenvalue weighted by atomic mass is 10.00. The topological polar surface area (TPSA) is 69.3 Å². The number of halogens is 1. The zero-order valence-electron chi connectivity index (χ0n) is 14.9. The number of hydrogen-bond donors (Lipinski definition) is 1. The van der Waals surface area contributed by atoms with Gasteiger partial charge in [-0.15, -0.1) is 24.0 Å². The SMILES string of the molecule is COc1cc(OC)c(OC)cc1CN=C(N)N1CCC(C)CC1.I. The molecule has 136 valence electrons. The van der Waals surface area contributed by atoms with Crippen molar-refractivity contribution in [2.75, 3.05) is 34.4 Å². The second-order valence-electron chi connectivity index (χ2n) is 5.86. The molecule has 1 aliphatic heterocycles. The largest absolute Gasteiger partial charge is 0.496 e. The Morgan fingerprint density at radius 1 is 1.08 bits per heavy atom. The Bertz CT molecular complexity index is 558. The fourth-order valence-electron chi connectivity index (χ4n) is 2.72. The van der Waals surface area contributed by atoms with Gasteiger partial charge in [-0.05, 0) is 24.8 Å². The molecule has 0 amide bonds. The molecule has 6 nitrogen and oxygen atoms in total. The van der Waals surface area contributed by atoms with E-state index in [9.17, 15) is 0 Å². The minimum Gasteiger partial charge on any atom is -0.496 e. The number of likely N-dealkylation sites (tertiary alicyclic amines) is 1. The Labute approximate surface area is 161 Å². The molecular weight excluding hydrogens is 421 g/mol. The maximum Gasteiger partial charge on any atom is 0.191 e. The van der Waals surface area contributed by atoms with Crippen LogP contribution in [0.2, 0.25) is 0 Å². The third-order valence-electron chi connectivity index (χ3n) is 4.31. The van der Waals surface area contributed by atoms with Crippen LogP contribution in [-0.2, 0) is 6.54 Å². The number of methoxy groups -OCH3 is 3. The molecule has 2 rings (SSSR count). The number of piperidine rings is 1. The molecule has 1 heterocycles. The van der Waals surface area contributed by atoms with Crippen molar-refractivity contribution in [2.24, 2.45) is 16.6 Å². The Morgan fingerprint density at radius 2 is 1.62 bits per heavy atom. The molecule has 1 saturated heterocycles. The van der Waals surface area contributed by atoms with Crippen molar-refractivity contribution in [3.63, 3.8) is 0 Å². The van der Waals surface area contributed by atoms with Crippen LogP contribution >= 0.6 is 24.0 Å². The Kier molecular flexibility index (Phi) is 8.44. The average Bonchev–Trinajstić information content (AvgIpc) is 2.59. The molecule has 0 bridgehead atoms. The summed E-state index contributed by atoms with van der Waals surface area (Å²) in [6.07, 6.45) is 2.33. The van der Waals surface area contributed by atoms with Crippen LogP contribution in [0, 0.1) is 5.92 Å². The number of nitrogens with two attached hydrogens (primary N) is 1. The van der Waals surface area contributed by atoms with E-state index in [1.165, 1.54) is 0 Å². The minimum absolute atomic E-state index is 0. The van der Waals surface area contributed by atoms with E-state index in [4.69, 9.17) is 19.9 Å². The Balaban J connectivity index is 0.00000288. The highest BCUT2D eigenvalue weighted by molar-refractivity contribution is 14.0. The quantitative estimate of drug-likeness (QED) is 0.426. The van der Waals surface area contributed by atoms with Gasteiger partial charge in [-0.2, -0.15) is 0 Å². The minimum atomic E-state index is 0. The number of nitrogens with zero attached hydrogens (tertiary/aromatic N) is 2. The van der Waals surface area contributed by atoms with Gasteiger partial charge in [-0.1, -0.05) is 6.92 Å². The first-order valence-corrected chi connectivity index (χ1v) is 7.92. The second kappa shape index (κ2) is 9.80. The predicted molar refractivity (Wildman–Crippen MR) is 107 cm³/mol. The molecule has 1 aliphatic rings. The van der Waals surface area contributed by atoms with E-state index in [1.54, 1.807) is 21.3 Å². The highest BCUT2D eigenvalue weighted by Crippen LogP contribution is 2.34. The summed E-state index contributed by atoms with van der Waals surface area (Å²) in [6.45, 7) is 4.67. The van der Waals surface area contributed by atoms with Crippen molar-refractivity contribution in [1.29, 1.82) is 0 Å². The van der Waals surface area contributed by atoms with Gasteiger partial charge in [0.25, 0.3) is 0 Å². The third kappa shape index (κ3) is 5.06. The van der Waals surface area contributed by atoms with Gasteiger partial charge in [0.05, 0.1) is 27.9 Å². The Morgan fingerprint density at radius 3 is 2.17 bits per heavy atom. The number of guanidine groups is 1. The van der Waals surface area contributed by atoms with Crippen LogP contribution in [0.5, 0.6) is 17.2 Å². The van der Waals surface area contributed by atoms with Crippen LogP contribution in [0.15, 0.2) is 17.1 Å². The molecule has 0 atom stereocenters. The molecule has 7 heteroatoms. The number of benzene rings is 1. The van der Waals surface area contributed by atoms with E-state index < -0.39 is 0 Å². The van der Waals surface area contributed by atoms with Gasteiger partial charge in [0.1, 0.15) is 5.75 Å². The normalized spacial score (nSPS) is 15.7. The summed E-state index contributed by atoms with van der Waals surface area (Å²) < 4.78 is 16.1. The fourth-order valence-corrected chi connectivity index (χ4v) is 2.72. The smallest absolute Gasteiger partial charge is 0.191 e. The molecule has 0 aliphatic carbocycles. The predicted octanol–water partition coefficient (Wildman–Crippen LogP) is 2.88. The van der Waals surface area contributed by atoms with Crippen molar-refractivity contribution >= 4 is 29.9 Å². The van der Waals surface area contributed by atoms with Crippen LogP contribution in [0.4, 0.5) is 0 Å². The molecule has 0 radical (unpaired) electrons. The first kappa shape index (κ1) is 20.7. The average molecular weight is 449 g/mol. The number of hydrogen-bond acceptors (Lipinski definition) is 4. The number of rotatable bonds is 5. The summed E-state index contributed by atoms with van der Waals surface area (Å²) in [5, 5.41) is 0. The van der Waals surface area contributed by atoms with E-state index >= 15 is 0 Å². The van der Waals surface area contributed by atoms with Crippen LogP contribution in [0.1, 0.15) is 25.3 Å². The highest BCUT2D eigenvalue weighted by Gasteiger charge is 2.17. The van der Waals surface area contributed by atoms with Gasteiger partial charge in [-0.3, -0.25) is 0 Å². The van der Waals surface area contributed by atoms with Gasteiger partial charge in [-0.25, -0.2) is 4.99 Å². The summed E-state index contributed by atoms with van der Waals surface area (Å²) >= 11 is 0. The maximum atomic E-state index is 6.14. The lowest BCUT2D eigenvalue weighted by Gasteiger charge is -2.31. The van der Waals surface area contributed by atoms with Crippen molar-refractivity contribution in [1.82, 2.24) is 4.90 Å². The van der Waals surface area contributed by atoms with Crippen LogP contribution in [0.25, 0.3) is 0 Å². The number of aliphatic imine (C=N–C) groups is 1. The number of ether oxygens (including phenoxy) is 3. The van der Waals surface area contributed by atoms with Crippen molar-refractivity contribution in [3.8, 4) is 17.2 Å². The second-order valence-corrected chi connectivity index (χ2v) is 5.86. The van der Waals surface area contributed by atoms with Crippen molar-refractivity contribution in [3.05, 3.63) is 17.7 Å². The summed E-state index contributed by atoms with van der Waals surface area (Å²) in [6, 6.07) is 3.69. The molecule has 0 unspecified atom stereocenters. The monoisotopic (exact) mass is 449 g/mol. The first-order valence-electron chi connectivity index (χ1n) is 7.92. The standard InChI is InChI=1S/C17H27N3O3.HI/c1-12-5-7-20(8-6-12)17(18)19-11-13-9-15(22-3)16(23-4)10-14(13)21-2;/h9-10,12H,5-8,11H2,1-4H3,(H2,18,19);1H. The van der Waals surface area contributed by atoms with E-state index in [0.29, 0.717) is 29.8 Å². The molecule has 1 aromatic carbocycles. The van der Waals surface area contributed by atoms with Crippen LogP contribution in [-0.4, -0.2) is 45.3 Å². The molecular formula is C17H28IN3O3. The molecule has 1 aromatic rings. The lowest BCUT2D eigenvalue weighted by Crippen LogP contribution is -2.42. The first-order chi connectivity index (χ1) is 11.1. The summed E-state index contributed by atoms with van der Waals surface area (Å²) in [5.41, 5.74) is 7.05. The highest BCUT2D eigenvalue weighted by atomic mass is 127. The molecule has 1 fully saturated rings. The van der Waals surface area contributed by atoms with Gasteiger partial charge < -0.3 is 24.8 Å². The van der Waals surface area contributed by atoms with Gasteiger partial charge in [0.2, 0.25) is 0 Å². The van der Waals surface area contributed by atoms with Gasteiger partial charge in [0.15, 0.2) is 17.5 Å². The maximum absolute atomic E-state index is 6.14. The van der Waals surface area contributed by atoms with Crippen LogP contribution < -0.4 is 19.9 Å². The van der Waals surface area contributed by atoms with Crippen molar-refractivity contribution in [2.45, 2.75) is 26.3 Å². The van der Waals surface area contributed by atoms with Gasteiger partial charge in [0, 0.05) is 24.7 Å². The third-order valence-corrected chi connectivity index (χ3v) is 4.31. The molecule has 24 heavy (non-hydrogen) atoms. The van der Waals surface area contributed by atoms with Crippen LogP contribution in [0.3, 0.4) is 0 Å². The van der Waals surface area contributed by atoms with Gasteiger partial charge >= 0.3 is 0 Å². The fraction of sp³-hybridized carbons (Fsp3) is 0.588. The van der Waals surface area contributed by atoms with E-state index in [1.807, 2.05) is 12.1 Å². The summed E-state index contributed by atoms with van der Waals surface area (Å²) in [7, 11) is 4.84. The molecule has 0 aromatic heterocycles. The molecule has 2 N–H and O–H groups in total. The Hall–Kier alpha value is -1.38. The van der Waals surface area contributed by atoms with E-state index in [2.05, 4.69) is 16.8 Å². The zero-order chi connectivity index (χ0) is 16.8. The zero-order valence-corrected chi connectivity index (χ0v) is 17.2. The molecule has 0 spiro atoms. The molecule has 0 saturated carbocycles. The van der Waals surface area contributed by atoms with Crippen molar-refractivity contribution < 1.29 is 14.2 Å². The lowest BCUT2D eigenvalue weighted by molar-refractivity contribution is 0.277. The summed E-state index contributed by atoms with van der Waals surface area (Å²) in [4.78, 5) is 6.67.